The van der Waals surface area contributed by atoms with Crippen molar-refractivity contribution in [2.45, 2.75) is 26.6 Å². The number of aryl methyl sites for hydroxylation is 1. The number of nitrogens with one attached hydrogen (secondary N) is 1. The van der Waals surface area contributed by atoms with Crippen LogP contribution in [0.2, 0.25) is 0 Å². The molecule has 0 atom stereocenters. The molecule has 0 aliphatic rings. The molecule has 0 saturated heterocycles. The van der Waals surface area contributed by atoms with Crippen LogP contribution in [0.3, 0.4) is 0 Å². The van der Waals surface area contributed by atoms with E-state index < -0.39 is 0 Å². The fourth-order valence-electron chi connectivity index (χ4n) is 2.96. The van der Waals surface area contributed by atoms with E-state index in [-0.39, 0.29) is 24.0 Å². The molecule has 7 heteroatoms. The summed E-state index contributed by atoms with van der Waals surface area (Å²) in [6.07, 6.45) is 7.68. The molecule has 0 fully saturated rings. The van der Waals surface area contributed by atoms with Crippen molar-refractivity contribution in [2.75, 3.05) is 13.6 Å². The maximum Gasteiger partial charge on any atom is 0.194 e. The van der Waals surface area contributed by atoms with Gasteiger partial charge in [0.1, 0.15) is 0 Å². The molecule has 1 N–H and O–H groups in total. The zero-order chi connectivity index (χ0) is 19.1. The van der Waals surface area contributed by atoms with Crippen molar-refractivity contribution >= 4 is 29.9 Å². The summed E-state index contributed by atoms with van der Waals surface area (Å²) in [7, 11) is 4.14. The molecule has 0 saturated carbocycles. The summed E-state index contributed by atoms with van der Waals surface area (Å²) >= 11 is 0. The molecule has 2 aromatic heterocycles. The molecular formula is C21H29IN6. The van der Waals surface area contributed by atoms with Crippen molar-refractivity contribution in [1.82, 2.24) is 24.3 Å². The van der Waals surface area contributed by atoms with Crippen LogP contribution in [0.1, 0.15) is 23.7 Å². The minimum absolute atomic E-state index is 0. The molecule has 0 unspecified atom stereocenters. The fourth-order valence-corrected chi connectivity index (χ4v) is 2.96. The maximum atomic E-state index is 4.81. The predicted octanol–water partition coefficient (Wildman–Crippen LogP) is 3.49. The van der Waals surface area contributed by atoms with Gasteiger partial charge in [0.15, 0.2) is 5.96 Å². The Kier molecular flexibility index (Phi) is 8.56. The Bertz CT molecular complexity index is 851. The topological polar surface area (TPSA) is 50.4 Å². The van der Waals surface area contributed by atoms with E-state index in [1.165, 1.54) is 16.8 Å². The average molecular weight is 492 g/mol. The number of aliphatic imine (C=N–C) groups is 1. The molecule has 0 aliphatic heterocycles. The Morgan fingerprint density at radius 2 is 1.89 bits per heavy atom. The third kappa shape index (κ3) is 6.12. The third-order valence-electron chi connectivity index (χ3n) is 4.51. The van der Waals surface area contributed by atoms with Gasteiger partial charge in [0.2, 0.25) is 0 Å². The highest BCUT2D eigenvalue weighted by atomic mass is 127. The van der Waals surface area contributed by atoms with E-state index in [0.29, 0.717) is 6.54 Å². The van der Waals surface area contributed by atoms with Gasteiger partial charge in [0.25, 0.3) is 0 Å². The van der Waals surface area contributed by atoms with Crippen LogP contribution in [0.4, 0.5) is 0 Å². The maximum absolute atomic E-state index is 4.81. The molecule has 2 heterocycles. The average Bonchev–Trinajstić information content (AvgIpc) is 3.32. The first-order valence-corrected chi connectivity index (χ1v) is 9.29. The first-order chi connectivity index (χ1) is 13.2. The first kappa shape index (κ1) is 22.0. The standard InChI is InChI=1S/C21H28N6.HI/c1-4-23-21(26(3)16-20-6-5-12-25(20)2)24-14-18-7-9-19(10-8-18)15-27-13-11-22-17-27;/h5-13,17H,4,14-16H2,1-3H3,(H,23,24);1H. The SMILES string of the molecule is CCNC(=NCc1ccc(Cn2ccnc2)cc1)N(C)Cc1cccn1C.I. The van der Waals surface area contributed by atoms with Crippen LogP contribution in [-0.4, -0.2) is 38.6 Å². The Labute approximate surface area is 184 Å². The van der Waals surface area contributed by atoms with Crippen molar-refractivity contribution < 1.29 is 0 Å². The van der Waals surface area contributed by atoms with Crippen molar-refractivity contribution in [1.29, 1.82) is 0 Å². The number of aromatic nitrogens is 3. The summed E-state index contributed by atoms with van der Waals surface area (Å²) in [5, 5.41) is 3.38. The second-order valence-corrected chi connectivity index (χ2v) is 6.69. The van der Waals surface area contributed by atoms with E-state index in [9.17, 15) is 0 Å². The van der Waals surface area contributed by atoms with Crippen LogP contribution in [0.5, 0.6) is 0 Å². The van der Waals surface area contributed by atoms with Gasteiger partial charge in [-0.2, -0.15) is 0 Å². The summed E-state index contributed by atoms with van der Waals surface area (Å²) in [6, 6.07) is 12.8. The highest BCUT2D eigenvalue weighted by Gasteiger charge is 2.08. The molecule has 6 nitrogen and oxygen atoms in total. The molecule has 28 heavy (non-hydrogen) atoms. The van der Waals surface area contributed by atoms with E-state index in [0.717, 1.165) is 25.6 Å². The van der Waals surface area contributed by atoms with Crippen LogP contribution < -0.4 is 5.32 Å². The number of hydrogen-bond acceptors (Lipinski definition) is 2. The number of hydrogen-bond donors (Lipinski definition) is 1. The molecule has 1 aromatic carbocycles. The molecule has 3 rings (SSSR count). The first-order valence-electron chi connectivity index (χ1n) is 9.29. The minimum Gasteiger partial charge on any atom is -0.357 e. The molecule has 0 aliphatic carbocycles. The largest absolute Gasteiger partial charge is 0.357 e. The van der Waals surface area contributed by atoms with Gasteiger partial charge in [-0.05, 0) is 30.2 Å². The van der Waals surface area contributed by atoms with E-state index in [1.54, 1.807) is 6.20 Å². The fraction of sp³-hybridized carbons (Fsp3) is 0.333. The summed E-state index contributed by atoms with van der Waals surface area (Å²) in [5.41, 5.74) is 3.72. The Hall–Kier alpha value is -2.29. The van der Waals surface area contributed by atoms with E-state index in [4.69, 9.17) is 4.99 Å². The lowest BCUT2D eigenvalue weighted by atomic mass is 10.1. The van der Waals surface area contributed by atoms with Crippen molar-refractivity contribution in [3.8, 4) is 0 Å². The van der Waals surface area contributed by atoms with Crippen molar-refractivity contribution in [3.63, 3.8) is 0 Å². The molecule has 0 amide bonds. The number of rotatable bonds is 7. The van der Waals surface area contributed by atoms with E-state index in [2.05, 4.69) is 87.9 Å². The number of nitrogens with zero attached hydrogens (tertiary/aromatic N) is 5. The second-order valence-electron chi connectivity index (χ2n) is 6.69. The van der Waals surface area contributed by atoms with E-state index in [1.807, 2.05) is 12.5 Å². The quantitative estimate of drug-likeness (QED) is 0.312. The number of imidazole rings is 1. The molecule has 0 spiro atoms. The van der Waals surface area contributed by atoms with Gasteiger partial charge >= 0.3 is 0 Å². The summed E-state index contributed by atoms with van der Waals surface area (Å²) in [5.74, 6) is 0.918. The van der Waals surface area contributed by atoms with Crippen molar-refractivity contribution in [3.05, 3.63) is 78.1 Å². The lowest BCUT2D eigenvalue weighted by Gasteiger charge is -2.22. The van der Waals surface area contributed by atoms with Gasteiger partial charge in [-0.15, -0.1) is 24.0 Å². The predicted molar refractivity (Wildman–Crippen MR) is 125 cm³/mol. The highest BCUT2D eigenvalue weighted by molar-refractivity contribution is 14.0. The second kappa shape index (κ2) is 10.9. The molecule has 0 bridgehead atoms. The van der Waals surface area contributed by atoms with Gasteiger partial charge in [-0.1, -0.05) is 24.3 Å². The Morgan fingerprint density at radius 3 is 2.50 bits per heavy atom. The van der Waals surface area contributed by atoms with Crippen LogP contribution >= 0.6 is 24.0 Å². The molecule has 3 aromatic rings. The normalized spacial score (nSPS) is 11.2. The monoisotopic (exact) mass is 492 g/mol. The summed E-state index contributed by atoms with van der Waals surface area (Å²) in [6.45, 7) is 5.26. The van der Waals surface area contributed by atoms with Gasteiger partial charge in [-0.3, -0.25) is 0 Å². The lowest BCUT2D eigenvalue weighted by molar-refractivity contribution is 0.462. The summed E-state index contributed by atoms with van der Waals surface area (Å²) < 4.78 is 4.20. The van der Waals surface area contributed by atoms with Gasteiger partial charge in [0.05, 0.1) is 19.4 Å². The zero-order valence-electron chi connectivity index (χ0n) is 16.7. The highest BCUT2D eigenvalue weighted by Crippen LogP contribution is 2.09. The van der Waals surface area contributed by atoms with Crippen LogP contribution in [-0.2, 0) is 26.7 Å². The number of benzene rings is 1. The Balaban J connectivity index is 0.00000280. The third-order valence-corrected chi connectivity index (χ3v) is 4.51. The van der Waals surface area contributed by atoms with Crippen LogP contribution in [0, 0.1) is 0 Å². The molecule has 0 radical (unpaired) electrons. The zero-order valence-corrected chi connectivity index (χ0v) is 19.1. The minimum atomic E-state index is 0. The van der Waals surface area contributed by atoms with Crippen molar-refractivity contribution in [2.24, 2.45) is 12.0 Å². The molecular weight excluding hydrogens is 463 g/mol. The van der Waals surface area contributed by atoms with Crippen LogP contribution in [0.25, 0.3) is 0 Å². The smallest absolute Gasteiger partial charge is 0.194 e. The Morgan fingerprint density at radius 1 is 1.14 bits per heavy atom. The number of guanidine groups is 1. The van der Waals surface area contributed by atoms with Gasteiger partial charge < -0.3 is 19.4 Å². The lowest BCUT2D eigenvalue weighted by Crippen LogP contribution is -2.38. The van der Waals surface area contributed by atoms with Gasteiger partial charge in [0, 0.05) is 51.5 Å². The number of halogens is 1. The molecule has 150 valence electrons. The van der Waals surface area contributed by atoms with E-state index >= 15 is 0 Å². The van der Waals surface area contributed by atoms with Crippen LogP contribution in [0.15, 0.2) is 66.3 Å². The van der Waals surface area contributed by atoms with Gasteiger partial charge in [-0.25, -0.2) is 9.98 Å². The summed E-state index contributed by atoms with van der Waals surface area (Å²) in [4.78, 5) is 11.0.